The standard InChI is InChI=1S/C18H19NO3/c20-18(21)17-10-16(11-19-17)22-12-13-6-8-15(9-7-13)14-4-2-1-3-5-14/h1-9,16-17,19H,10-12H2,(H,20,21)/t16-,17-/m0/s1. The van der Waals surface area contributed by atoms with Crippen molar-refractivity contribution in [1.82, 2.24) is 5.32 Å². The summed E-state index contributed by atoms with van der Waals surface area (Å²) in [7, 11) is 0. The molecule has 0 radical (unpaired) electrons. The fourth-order valence-electron chi connectivity index (χ4n) is 2.66. The molecule has 0 bridgehead atoms. The zero-order valence-electron chi connectivity index (χ0n) is 12.2. The van der Waals surface area contributed by atoms with Crippen LogP contribution in [-0.4, -0.2) is 29.8 Å². The zero-order valence-corrected chi connectivity index (χ0v) is 12.2. The molecule has 0 amide bonds. The average molecular weight is 297 g/mol. The lowest BCUT2D eigenvalue weighted by atomic mass is 10.0. The first-order valence-corrected chi connectivity index (χ1v) is 7.44. The molecule has 1 aliphatic heterocycles. The molecule has 0 spiro atoms. The molecule has 1 aliphatic rings. The van der Waals surface area contributed by atoms with Crippen molar-refractivity contribution in [1.29, 1.82) is 0 Å². The van der Waals surface area contributed by atoms with E-state index in [1.165, 1.54) is 11.1 Å². The Bertz CT molecular complexity index is 625. The molecule has 3 rings (SSSR count). The molecule has 0 aromatic heterocycles. The van der Waals surface area contributed by atoms with E-state index in [-0.39, 0.29) is 6.10 Å². The highest BCUT2D eigenvalue weighted by Crippen LogP contribution is 2.20. The Morgan fingerprint density at radius 2 is 1.77 bits per heavy atom. The predicted octanol–water partition coefficient (Wildman–Crippen LogP) is 2.69. The van der Waals surface area contributed by atoms with Crippen molar-refractivity contribution in [3.63, 3.8) is 0 Å². The van der Waals surface area contributed by atoms with Crippen molar-refractivity contribution in [2.45, 2.75) is 25.2 Å². The van der Waals surface area contributed by atoms with Crippen molar-refractivity contribution < 1.29 is 14.6 Å². The summed E-state index contributed by atoms with van der Waals surface area (Å²) in [5.41, 5.74) is 3.47. The summed E-state index contributed by atoms with van der Waals surface area (Å²) in [6, 6.07) is 18.0. The van der Waals surface area contributed by atoms with Gasteiger partial charge in [0.1, 0.15) is 6.04 Å². The summed E-state index contributed by atoms with van der Waals surface area (Å²) in [4.78, 5) is 10.9. The number of ether oxygens (including phenoxy) is 1. The first-order valence-electron chi connectivity index (χ1n) is 7.44. The maximum atomic E-state index is 10.9. The van der Waals surface area contributed by atoms with E-state index in [1.54, 1.807) is 0 Å². The van der Waals surface area contributed by atoms with Gasteiger partial charge in [-0.3, -0.25) is 4.79 Å². The molecule has 4 heteroatoms. The Labute approximate surface area is 129 Å². The lowest BCUT2D eigenvalue weighted by Crippen LogP contribution is -2.29. The summed E-state index contributed by atoms with van der Waals surface area (Å²) in [5, 5.41) is 11.9. The van der Waals surface area contributed by atoms with Crippen molar-refractivity contribution >= 4 is 5.97 Å². The molecule has 2 aromatic carbocycles. The van der Waals surface area contributed by atoms with E-state index in [4.69, 9.17) is 9.84 Å². The van der Waals surface area contributed by atoms with E-state index in [2.05, 4.69) is 41.7 Å². The van der Waals surface area contributed by atoms with Gasteiger partial charge >= 0.3 is 5.97 Å². The molecule has 0 aliphatic carbocycles. The second-order valence-electron chi connectivity index (χ2n) is 5.53. The fraction of sp³-hybridized carbons (Fsp3) is 0.278. The number of rotatable bonds is 5. The Morgan fingerprint density at radius 1 is 1.09 bits per heavy atom. The number of carbonyl (C=O) groups is 1. The molecule has 2 aromatic rings. The minimum atomic E-state index is -0.807. The van der Waals surface area contributed by atoms with Crippen LogP contribution < -0.4 is 5.32 Å². The molecule has 2 atom stereocenters. The van der Waals surface area contributed by atoms with Crippen molar-refractivity contribution in [3.8, 4) is 11.1 Å². The number of carboxylic acids is 1. The highest BCUT2D eigenvalue weighted by atomic mass is 16.5. The lowest BCUT2D eigenvalue weighted by molar-refractivity contribution is -0.139. The van der Waals surface area contributed by atoms with Gasteiger partial charge in [0.25, 0.3) is 0 Å². The van der Waals surface area contributed by atoms with Crippen LogP contribution in [-0.2, 0) is 16.1 Å². The molecule has 4 nitrogen and oxygen atoms in total. The van der Waals surface area contributed by atoms with E-state index >= 15 is 0 Å². The zero-order chi connectivity index (χ0) is 15.4. The molecule has 1 saturated heterocycles. The third-order valence-corrected chi connectivity index (χ3v) is 3.94. The molecule has 1 fully saturated rings. The summed E-state index contributed by atoms with van der Waals surface area (Å²) in [5.74, 6) is -0.807. The van der Waals surface area contributed by atoms with Crippen LogP contribution in [0.2, 0.25) is 0 Å². The molecular weight excluding hydrogens is 278 g/mol. The Hall–Kier alpha value is -2.17. The summed E-state index contributed by atoms with van der Waals surface area (Å²) < 4.78 is 5.79. The van der Waals surface area contributed by atoms with E-state index in [9.17, 15) is 4.79 Å². The van der Waals surface area contributed by atoms with E-state index in [0.717, 1.165) is 5.56 Å². The molecule has 22 heavy (non-hydrogen) atoms. The monoisotopic (exact) mass is 297 g/mol. The van der Waals surface area contributed by atoms with Crippen molar-refractivity contribution in [2.75, 3.05) is 6.54 Å². The molecule has 1 heterocycles. The predicted molar refractivity (Wildman–Crippen MR) is 84.5 cm³/mol. The van der Waals surface area contributed by atoms with Crippen molar-refractivity contribution in [2.24, 2.45) is 0 Å². The van der Waals surface area contributed by atoms with Gasteiger partial charge in [-0.05, 0) is 16.7 Å². The highest BCUT2D eigenvalue weighted by molar-refractivity contribution is 5.73. The first kappa shape index (κ1) is 14.8. The topological polar surface area (TPSA) is 58.6 Å². The minimum absolute atomic E-state index is 0.0325. The highest BCUT2D eigenvalue weighted by Gasteiger charge is 2.29. The smallest absolute Gasteiger partial charge is 0.320 e. The SMILES string of the molecule is O=C(O)[C@@H]1C[C@H](OCc2ccc(-c3ccccc3)cc2)CN1. The van der Waals surface area contributed by atoms with Gasteiger partial charge in [-0.1, -0.05) is 54.6 Å². The van der Waals surface area contributed by atoms with Gasteiger partial charge in [0.05, 0.1) is 12.7 Å². The maximum absolute atomic E-state index is 10.9. The van der Waals surface area contributed by atoms with Crippen molar-refractivity contribution in [3.05, 3.63) is 60.2 Å². The third kappa shape index (κ3) is 3.53. The van der Waals surface area contributed by atoms with Gasteiger partial charge in [0.2, 0.25) is 0 Å². The van der Waals surface area contributed by atoms with Gasteiger partial charge in [0.15, 0.2) is 0 Å². The second kappa shape index (κ2) is 6.73. The Kier molecular flexibility index (Phi) is 4.51. The van der Waals surface area contributed by atoms with Crippen LogP contribution in [0.4, 0.5) is 0 Å². The second-order valence-corrected chi connectivity index (χ2v) is 5.53. The number of benzene rings is 2. The van der Waals surface area contributed by atoms with Gasteiger partial charge in [-0.15, -0.1) is 0 Å². The number of hydrogen-bond donors (Lipinski definition) is 2. The van der Waals surface area contributed by atoms with Crippen LogP contribution in [0.1, 0.15) is 12.0 Å². The first-order chi connectivity index (χ1) is 10.7. The van der Waals surface area contributed by atoms with Gasteiger partial charge < -0.3 is 15.2 Å². The normalized spacial score (nSPS) is 20.9. The largest absolute Gasteiger partial charge is 0.480 e. The molecule has 114 valence electrons. The molecule has 0 saturated carbocycles. The number of nitrogens with one attached hydrogen (secondary N) is 1. The van der Waals surface area contributed by atoms with E-state index < -0.39 is 12.0 Å². The van der Waals surface area contributed by atoms with Crippen LogP contribution in [0.15, 0.2) is 54.6 Å². The minimum Gasteiger partial charge on any atom is -0.480 e. The van der Waals surface area contributed by atoms with E-state index in [0.29, 0.717) is 19.6 Å². The summed E-state index contributed by atoms with van der Waals surface area (Å²) in [6.45, 7) is 1.10. The van der Waals surface area contributed by atoms with E-state index in [1.807, 2.05) is 18.2 Å². The average Bonchev–Trinajstić information content (AvgIpc) is 3.04. The number of carboxylic acid groups (broad SMARTS) is 1. The lowest BCUT2D eigenvalue weighted by Gasteiger charge is -2.11. The van der Waals surface area contributed by atoms with Crippen LogP contribution in [0, 0.1) is 0 Å². The Morgan fingerprint density at radius 3 is 2.41 bits per heavy atom. The number of aliphatic carboxylic acids is 1. The quantitative estimate of drug-likeness (QED) is 0.891. The van der Waals surface area contributed by atoms with Crippen LogP contribution >= 0.6 is 0 Å². The molecule has 0 unspecified atom stereocenters. The van der Waals surface area contributed by atoms with Gasteiger partial charge in [-0.2, -0.15) is 0 Å². The summed E-state index contributed by atoms with van der Waals surface area (Å²) in [6.07, 6.45) is 0.493. The number of hydrogen-bond acceptors (Lipinski definition) is 3. The van der Waals surface area contributed by atoms with Crippen LogP contribution in [0.5, 0.6) is 0 Å². The van der Waals surface area contributed by atoms with Gasteiger partial charge in [-0.25, -0.2) is 0 Å². The third-order valence-electron chi connectivity index (χ3n) is 3.94. The Balaban J connectivity index is 1.55. The maximum Gasteiger partial charge on any atom is 0.320 e. The molecule has 2 N–H and O–H groups in total. The van der Waals surface area contributed by atoms with Crippen LogP contribution in [0.3, 0.4) is 0 Å². The van der Waals surface area contributed by atoms with Crippen LogP contribution in [0.25, 0.3) is 11.1 Å². The van der Waals surface area contributed by atoms with Gasteiger partial charge in [0, 0.05) is 13.0 Å². The fourth-order valence-corrected chi connectivity index (χ4v) is 2.66. The summed E-state index contributed by atoms with van der Waals surface area (Å²) >= 11 is 0. The molecular formula is C18H19NO3.